The summed E-state index contributed by atoms with van der Waals surface area (Å²) < 4.78 is 78.6. The minimum Gasteiger partial charge on any atom is -0.481 e. The first-order valence-electron chi connectivity index (χ1n) is 13.1. The van der Waals surface area contributed by atoms with Crippen LogP contribution < -0.4 is 0 Å². The van der Waals surface area contributed by atoms with Gasteiger partial charge in [-0.25, -0.2) is 0 Å². The molecular weight excluding hydrogens is 546 g/mol. The molecule has 0 radical (unpaired) electrons. The van der Waals surface area contributed by atoms with Crippen LogP contribution in [-0.4, -0.2) is 34.1 Å². The number of alkyl halides is 6. The highest BCUT2D eigenvalue weighted by atomic mass is 19.4. The lowest BCUT2D eigenvalue weighted by molar-refractivity contribution is -0.347. The monoisotopic (exact) mass is 578 g/mol. The summed E-state index contributed by atoms with van der Waals surface area (Å²) in [5.74, 6) is -0.918. The number of aliphatic carboxylic acids is 1. The van der Waals surface area contributed by atoms with Gasteiger partial charge >= 0.3 is 18.3 Å². The summed E-state index contributed by atoms with van der Waals surface area (Å²) in [6.07, 6.45) is -10.2. The van der Waals surface area contributed by atoms with Crippen molar-refractivity contribution in [1.82, 2.24) is 0 Å². The molecule has 3 aromatic rings. The zero-order valence-electron chi connectivity index (χ0n) is 23.1. The predicted molar refractivity (Wildman–Crippen MR) is 147 cm³/mol. The normalized spacial score (nSPS) is 13.1. The van der Waals surface area contributed by atoms with Crippen LogP contribution in [-0.2, 0) is 16.6 Å². The van der Waals surface area contributed by atoms with Gasteiger partial charge in [0.1, 0.15) is 0 Å². The number of carboxylic acids is 1. The Labute approximate surface area is 235 Å². The number of aliphatic hydroxyl groups is 1. The average Bonchev–Trinajstić information content (AvgIpc) is 2.87. The number of rotatable bonds is 9. The SMILES string of the molecule is CCC(CC)(c1ccc(/C=C/C(O)(C(F)(F)F)C(F)(F)F)c(C)c1)c1ccc(-c2cccc(CC(=O)O)c2)c(C)c1. The number of carboxylic acid groups (broad SMARTS) is 1. The van der Waals surface area contributed by atoms with Crippen LogP contribution in [0.15, 0.2) is 66.7 Å². The van der Waals surface area contributed by atoms with Crippen LogP contribution in [0.3, 0.4) is 0 Å². The van der Waals surface area contributed by atoms with E-state index in [0.29, 0.717) is 30.0 Å². The van der Waals surface area contributed by atoms with Gasteiger partial charge in [-0.15, -0.1) is 0 Å². The summed E-state index contributed by atoms with van der Waals surface area (Å²) >= 11 is 0. The Bertz CT molecular complexity index is 1420. The minimum absolute atomic E-state index is 0.0873. The fraction of sp³-hybridized carbons (Fsp3) is 0.344. The number of aryl methyl sites for hydroxylation is 2. The quantitative estimate of drug-likeness (QED) is 0.250. The Morgan fingerprint density at radius 1 is 0.805 bits per heavy atom. The number of hydrogen-bond donors (Lipinski definition) is 2. The second-order valence-electron chi connectivity index (χ2n) is 10.3. The minimum atomic E-state index is -5.93. The largest absolute Gasteiger partial charge is 0.481 e. The van der Waals surface area contributed by atoms with Gasteiger partial charge in [0.25, 0.3) is 5.60 Å². The molecule has 0 bridgehead atoms. The van der Waals surface area contributed by atoms with Gasteiger partial charge in [0.05, 0.1) is 6.42 Å². The van der Waals surface area contributed by atoms with E-state index in [9.17, 15) is 36.2 Å². The molecule has 0 spiro atoms. The molecule has 0 atom stereocenters. The molecule has 3 rings (SSSR count). The second-order valence-corrected chi connectivity index (χ2v) is 10.3. The standard InChI is InChI=1S/C32H32F6O3/c1-5-29(6-2,26-12-13-27(21(4)17-26)24-9-7-8-22(18-24)19-28(39)40)25-11-10-23(20(3)16-25)14-15-30(41,31(33,34)35)32(36,37)38/h7-18,41H,5-6,19H2,1-4H3,(H,39,40)/b15-14+. The smallest absolute Gasteiger partial charge is 0.430 e. The number of hydrogen-bond acceptors (Lipinski definition) is 2. The maximum atomic E-state index is 13.1. The molecule has 0 unspecified atom stereocenters. The zero-order chi connectivity index (χ0) is 30.8. The Balaban J connectivity index is 2.02. The lowest BCUT2D eigenvalue weighted by Gasteiger charge is -2.34. The van der Waals surface area contributed by atoms with E-state index in [2.05, 4.69) is 6.07 Å². The van der Waals surface area contributed by atoms with E-state index in [-0.39, 0.29) is 18.1 Å². The molecular formula is C32H32F6O3. The van der Waals surface area contributed by atoms with Crippen LogP contribution >= 0.6 is 0 Å². The van der Waals surface area contributed by atoms with E-state index in [1.807, 2.05) is 51.1 Å². The van der Waals surface area contributed by atoms with E-state index in [1.54, 1.807) is 25.1 Å². The van der Waals surface area contributed by atoms with Gasteiger partial charge in [-0.2, -0.15) is 26.3 Å². The molecule has 0 aliphatic carbocycles. The van der Waals surface area contributed by atoms with Crippen LogP contribution in [0.25, 0.3) is 17.2 Å². The summed E-state index contributed by atoms with van der Waals surface area (Å²) in [5.41, 5.74) is 0.464. The Kier molecular flexibility index (Phi) is 9.13. The maximum absolute atomic E-state index is 13.1. The third-order valence-corrected chi connectivity index (χ3v) is 7.77. The molecule has 0 amide bonds. The van der Waals surface area contributed by atoms with Crippen LogP contribution in [0.4, 0.5) is 26.3 Å². The van der Waals surface area contributed by atoms with Crippen molar-refractivity contribution >= 4 is 12.0 Å². The van der Waals surface area contributed by atoms with Crippen molar-refractivity contribution in [2.24, 2.45) is 0 Å². The summed E-state index contributed by atoms with van der Waals surface area (Å²) in [7, 11) is 0. The van der Waals surface area contributed by atoms with E-state index in [0.717, 1.165) is 27.8 Å². The zero-order valence-corrected chi connectivity index (χ0v) is 23.1. The molecule has 0 aliphatic rings. The summed E-state index contributed by atoms with van der Waals surface area (Å²) in [5, 5.41) is 18.6. The fourth-order valence-electron chi connectivity index (χ4n) is 5.26. The van der Waals surface area contributed by atoms with E-state index < -0.39 is 29.3 Å². The molecule has 0 fully saturated rings. The summed E-state index contributed by atoms with van der Waals surface area (Å²) in [6.45, 7) is 7.58. The first-order valence-corrected chi connectivity index (χ1v) is 13.1. The van der Waals surface area contributed by atoms with Crippen molar-refractivity contribution in [1.29, 1.82) is 0 Å². The topological polar surface area (TPSA) is 57.5 Å². The average molecular weight is 579 g/mol. The third kappa shape index (κ3) is 6.35. The Morgan fingerprint density at radius 2 is 1.37 bits per heavy atom. The predicted octanol–water partition coefficient (Wildman–Crippen LogP) is 8.57. The van der Waals surface area contributed by atoms with E-state index in [1.165, 1.54) is 6.07 Å². The van der Waals surface area contributed by atoms with Crippen molar-refractivity contribution in [2.45, 2.75) is 70.3 Å². The van der Waals surface area contributed by atoms with Gasteiger partial charge < -0.3 is 10.2 Å². The molecule has 2 N–H and O–H groups in total. The van der Waals surface area contributed by atoms with Gasteiger partial charge in [-0.3, -0.25) is 4.79 Å². The van der Waals surface area contributed by atoms with Crippen molar-refractivity contribution in [2.75, 3.05) is 0 Å². The van der Waals surface area contributed by atoms with Gasteiger partial charge in [0, 0.05) is 5.41 Å². The summed E-state index contributed by atoms with van der Waals surface area (Å²) in [6, 6.07) is 18.3. The third-order valence-electron chi connectivity index (χ3n) is 7.77. The molecule has 41 heavy (non-hydrogen) atoms. The highest BCUT2D eigenvalue weighted by Gasteiger charge is 2.68. The first-order chi connectivity index (χ1) is 19.0. The van der Waals surface area contributed by atoms with Crippen LogP contribution in [0.5, 0.6) is 0 Å². The first kappa shape index (κ1) is 31.9. The van der Waals surface area contributed by atoms with Gasteiger partial charge in [0.15, 0.2) is 0 Å². The van der Waals surface area contributed by atoms with E-state index in [4.69, 9.17) is 5.11 Å². The van der Waals surface area contributed by atoms with Crippen LogP contribution in [0.1, 0.15) is 60.1 Å². The molecule has 3 aromatic carbocycles. The molecule has 0 heterocycles. The number of benzene rings is 3. The summed E-state index contributed by atoms with van der Waals surface area (Å²) in [4.78, 5) is 11.1. The molecule has 9 heteroatoms. The van der Waals surface area contributed by atoms with Crippen molar-refractivity contribution in [3.05, 3.63) is 100 Å². The fourth-order valence-corrected chi connectivity index (χ4v) is 5.26. The van der Waals surface area contributed by atoms with E-state index >= 15 is 0 Å². The molecule has 3 nitrogen and oxygen atoms in total. The lowest BCUT2D eigenvalue weighted by atomic mass is 9.69. The highest BCUT2D eigenvalue weighted by Crippen LogP contribution is 2.45. The van der Waals surface area contributed by atoms with Crippen molar-refractivity contribution < 1.29 is 41.4 Å². The maximum Gasteiger partial charge on any atom is 0.430 e. The van der Waals surface area contributed by atoms with Gasteiger partial charge in [-0.1, -0.05) is 80.6 Å². The molecule has 220 valence electrons. The van der Waals surface area contributed by atoms with Gasteiger partial charge in [-0.05, 0) is 77.3 Å². The molecule has 0 saturated heterocycles. The van der Waals surface area contributed by atoms with Crippen LogP contribution in [0.2, 0.25) is 0 Å². The lowest BCUT2D eigenvalue weighted by Crippen LogP contribution is -2.55. The Hall–Kier alpha value is -3.59. The van der Waals surface area contributed by atoms with Crippen LogP contribution in [0, 0.1) is 13.8 Å². The number of halogens is 6. The Morgan fingerprint density at radius 3 is 1.85 bits per heavy atom. The number of carbonyl (C=O) groups is 1. The second kappa shape index (κ2) is 11.7. The van der Waals surface area contributed by atoms with Crippen molar-refractivity contribution in [3.63, 3.8) is 0 Å². The van der Waals surface area contributed by atoms with Crippen molar-refractivity contribution in [3.8, 4) is 11.1 Å². The molecule has 0 aromatic heterocycles. The van der Waals surface area contributed by atoms with Gasteiger partial charge in [0.2, 0.25) is 0 Å². The highest BCUT2D eigenvalue weighted by molar-refractivity contribution is 5.73. The molecule has 0 aliphatic heterocycles. The molecule has 0 saturated carbocycles.